The van der Waals surface area contributed by atoms with Crippen LogP contribution in [0.15, 0.2) is 48.5 Å². The number of rotatable bonds is 5. The highest BCUT2D eigenvalue weighted by atomic mass is 35.5. The molecule has 0 aliphatic rings. The molecular formula is C17H17ClN3O+. The molecule has 5 heteroatoms. The summed E-state index contributed by atoms with van der Waals surface area (Å²) in [4.78, 5) is 12.0. The average Bonchev–Trinajstić information content (AvgIpc) is 2.53. The van der Waals surface area contributed by atoms with Gasteiger partial charge in [0.05, 0.1) is 11.3 Å². The molecule has 0 unspecified atom stereocenters. The minimum atomic E-state index is -0.165. The van der Waals surface area contributed by atoms with Gasteiger partial charge in [0, 0.05) is 10.6 Å². The van der Waals surface area contributed by atoms with E-state index < -0.39 is 0 Å². The molecular weight excluding hydrogens is 298 g/mol. The van der Waals surface area contributed by atoms with Gasteiger partial charge in [0.15, 0.2) is 6.54 Å². The quantitative estimate of drug-likeness (QED) is 0.890. The predicted octanol–water partition coefficient (Wildman–Crippen LogP) is 2.47. The minimum Gasteiger partial charge on any atom is -0.333 e. The molecule has 3 N–H and O–H groups in total. The van der Waals surface area contributed by atoms with Crippen LogP contribution in [0, 0.1) is 11.3 Å². The van der Waals surface area contributed by atoms with Gasteiger partial charge in [-0.2, -0.15) is 5.26 Å². The van der Waals surface area contributed by atoms with Crippen LogP contribution in [0.5, 0.6) is 0 Å². The van der Waals surface area contributed by atoms with Gasteiger partial charge in [-0.15, -0.1) is 0 Å². The van der Waals surface area contributed by atoms with Gasteiger partial charge in [-0.1, -0.05) is 41.9 Å². The lowest BCUT2D eigenvalue weighted by atomic mass is 10.1. The summed E-state index contributed by atoms with van der Waals surface area (Å²) in [5.74, 6) is -0.165. The molecule has 0 bridgehead atoms. The number of nitrogens with one attached hydrogen (secondary N) is 1. The molecule has 112 valence electrons. The average molecular weight is 315 g/mol. The molecule has 0 aromatic heterocycles. The SMILES string of the molecule is C[C@H]([NH2+]CC(=O)Nc1cc(Cl)ccc1C#N)c1ccccc1. The zero-order valence-corrected chi connectivity index (χ0v) is 13.0. The topological polar surface area (TPSA) is 69.5 Å². The fraction of sp³-hybridized carbons (Fsp3) is 0.176. The number of halogens is 1. The first-order valence-electron chi connectivity index (χ1n) is 6.98. The number of anilines is 1. The van der Waals surface area contributed by atoms with E-state index in [0.717, 1.165) is 5.56 Å². The third-order valence-electron chi connectivity index (χ3n) is 3.36. The highest BCUT2D eigenvalue weighted by molar-refractivity contribution is 6.31. The number of hydrogen-bond acceptors (Lipinski definition) is 2. The van der Waals surface area contributed by atoms with Crippen LogP contribution in [0.3, 0.4) is 0 Å². The van der Waals surface area contributed by atoms with Gasteiger partial charge in [-0.05, 0) is 25.1 Å². The summed E-state index contributed by atoms with van der Waals surface area (Å²) in [5, 5.41) is 14.2. The van der Waals surface area contributed by atoms with E-state index in [2.05, 4.69) is 5.32 Å². The Labute approximate surface area is 134 Å². The van der Waals surface area contributed by atoms with Crippen LogP contribution in [-0.4, -0.2) is 12.5 Å². The predicted molar refractivity (Wildman–Crippen MR) is 86.4 cm³/mol. The second-order valence-electron chi connectivity index (χ2n) is 4.99. The molecule has 0 saturated heterocycles. The van der Waals surface area contributed by atoms with E-state index in [1.54, 1.807) is 18.2 Å². The van der Waals surface area contributed by atoms with E-state index >= 15 is 0 Å². The number of hydrogen-bond donors (Lipinski definition) is 2. The van der Waals surface area contributed by atoms with Crippen LogP contribution in [0.2, 0.25) is 5.02 Å². The summed E-state index contributed by atoms with van der Waals surface area (Å²) in [6.45, 7) is 2.32. The smallest absolute Gasteiger partial charge is 0.279 e. The summed E-state index contributed by atoms with van der Waals surface area (Å²) < 4.78 is 0. The van der Waals surface area contributed by atoms with Crippen LogP contribution >= 0.6 is 11.6 Å². The van der Waals surface area contributed by atoms with E-state index in [1.165, 1.54) is 0 Å². The molecule has 22 heavy (non-hydrogen) atoms. The van der Waals surface area contributed by atoms with Crippen molar-refractivity contribution in [2.24, 2.45) is 0 Å². The molecule has 2 rings (SSSR count). The number of nitriles is 1. The summed E-state index contributed by atoms with van der Waals surface area (Å²) in [5.41, 5.74) is 2.00. The minimum absolute atomic E-state index is 0.165. The van der Waals surface area contributed by atoms with E-state index in [1.807, 2.05) is 48.6 Å². The molecule has 2 aromatic rings. The largest absolute Gasteiger partial charge is 0.333 e. The number of benzene rings is 2. The number of nitrogens with zero attached hydrogens (tertiary/aromatic N) is 1. The van der Waals surface area contributed by atoms with Crippen molar-refractivity contribution in [1.29, 1.82) is 5.26 Å². The first kappa shape index (κ1) is 16.0. The van der Waals surface area contributed by atoms with E-state index in [4.69, 9.17) is 16.9 Å². The van der Waals surface area contributed by atoms with Crippen molar-refractivity contribution >= 4 is 23.2 Å². The summed E-state index contributed by atoms with van der Waals surface area (Å²) in [6, 6.07) is 17.0. The molecule has 0 radical (unpaired) electrons. The standard InChI is InChI=1S/C17H16ClN3O/c1-12(13-5-3-2-4-6-13)20-11-17(22)21-16-9-15(18)8-7-14(16)10-19/h2-9,12,20H,11H2,1H3,(H,21,22)/p+1/t12-/m0/s1. The number of amides is 1. The second kappa shape index (κ2) is 7.60. The van der Waals surface area contributed by atoms with Crippen molar-refractivity contribution in [3.8, 4) is 6.07 Å². The number of carbonyl (C=O) groups excluding carboxylic acids is 1. The first-order valence-corrected chi connectivity index (χ1v) is 7.35. The third kappa shape index (κ3) is 4.32. The van der Waals surface area contributed by atoms with Gasteiger partial charge in [0.25, 0.3) is 5.91 Å². The molecule has 2 aromatic carbocycles. The van der Waals surface area contributed by atoms with Crippen LogP contribution in [0.25, 0.3) is 0 Å². The van der Waals surface area contributed by atoms with E-state index in [9.17, 15) is 4.79 Å². The number of quaternary nitrogens is 1. The highest BCUT2D eigenvalue weighted by Gasteiger charge is 2.13. The van der Waals surface area contributed by atoms with Gasteiger partial charge in [0.2, 0.25) is 0 Å². The first-order chi connectivity index (χ1) is 10.6. The Bertz CT molecular complexity index is 695. The Morgan fingerprint density at radius 3 is 2.73 bits per heavy atom. The normalized spacial score (nSPS) is 11.5. The molecule has 0 heterocycles. The molecule has 0 aliphatic heterocycles. The fourth-order valence-corrected chi connectivity index (χ4v) is 2.27. The summed E-state index contributed by atoms with van der Waals surface area (Å²) in [7, 11) is 0. The maximum absolute atomic E-state index is 12.0. The van der Waals surface area contributed by atoms with Crippen LogP contribution in [0.4, 0.5) is 5.69 Å². The Morgan fingerprint density at radius 1 is 1.32 bits per heavy atom. The Hall–Kier alpha value is -2.35. The summed E-state index contributed by atoms with van der Waals surface area (Å²) in [6.07, 6.45) is 0. The van der Waals surface area contributed by atoms with Crippen LogP contribution in [-0.2, 0) is 4.79 Å². The summed E-state index contributed by atoms with van der Waals surface area (Å²) >= 11 is 5.90. The van der Waals surface area contributed by atoms with Crippen LogP contribution < -0.4 is 10.6 Å². The highest BCUT2D eigenvalue weighted by Crippen LogP contribution is 2.20. The maximum atomic E-state index is 12.0. The maximum Gasteiger partial charge on any atom is 0.279 e. The molecule has 0 saturated carbocycles. The van der Waals surface area contributed by atoms with Gasteiger partial charge in [0.1, 0.15) is 12.1 Å². The molecule has 0 fully saturated rings. The zero-order valence-electron chi connectivity index (χ0n) is 12.2. The van der Waals surface area contributed by atoms with Gasteiger partial charge in [-0.3, -0.25) is 4.79 Å². The van der Waals surface area contributed by atoms with E-state index in [-0.39, 0.29) is 18.5 Å². The molecule has 1 amide bonds. The second-order valence-corrected chi connectivity index (χ2v) is 5.43. The fourth-order valence-electron chi connectivity index (χ4n) is 2.10. The van der Waals surface area contributed by atoms with E-state index in [0.29, 0.717) is 16.3 Å². The molecule has 0 spiro atoms. The van der Waals surface area contributed by atoms with Gasteiger partial charge >= 0.3 is 0 Å². The number of carbonyl (C=O) groups is 1. The molecule has 4 nitrogen and oxygen atoms in total. The van der Waals surface area contributed by atoms with Gasteiger partial charge < -0.3 is 10.6 Å². The van der Waals surface area contributed by atoms with Crippen molar-refractivity contribution in [2.75, 3.05) is 11.9 Å². The lowest BCUT2D eigenvalue weighted by molar-refractivity contribution is -0.682. The zero-order chi connectivity index (χ0) is 15.9. The Kier molecular flexibility index (Phi) is 5.54. The Balaban J connectivity index is 1.94. The van der Waals surface area contributed by atoms with Crippen LogP contribution in [0.1, 0.15) is 24.1 Å². The van der Waals surface area contributed by atoms with Gasteiger partial charge in [-0.25, -0.2) is 0 Å². The Morgan fingerprint density at radius 2 is 2.05 bits per heavy atom. The van der Waals surface area contributed by atoms with Crippen molar-refractivity contribution in [1.82, 2.24) is 0 Å². The molecule has 0 aliphatic carbocycles. The lowest BCUT2D eigenvalue weighted by Gasteiger charge is -2.11. The molecule has 1 atom stereocenters. The number of nitrogens with two attached hydrogens (primary N) is 1. The monoisotopic (exact) mass is 314 g/mol. The third-order valence-corrected chi connectivity index (χ3v) is 3.59. The van der Waals surface area contributed by atoms with Crippen molar-refractivity contribution in [2.45, 2.75) is 13.0 Å². The van der Waals surface area contributed by atoms with Crippen molar-refractivity contribution in [3.63, 3.8) is 0 Å². The van der Waals surface area contributed by atoms with Crippen molar-refractivity contribution in [3.05, 3.63) is 64.7 Å². The lowest BCUT2D eigenvalue weighted by Crippen LogP contribution is -2.86. The van der Waals surface area contributed by atoms with Crippen molar-refractivity contribution < 1.29 is 10.1 Å².